The van der Waals surface area contributed by atoms with Crippen molar-refractivity contribution in [2.24, 2.45) is 0 Å². The van der Waals surface area contributed by atoms with E-state index in [1.165, 1.54) is 13.8 Å². The lowest BCUT2D eigenvalue weighted by molar-refractivity contribution is -0.165. The molecular weight excluding hydrogens is 212 g/mol. The van der Waals surface area contributed by atoms with Crippen molar-refractivity contribution in [3.8, 4) is 0 Å². The Kier molecular flexibility index (Phi) is 7.54. The highest BCUT2D eigenvalue weighted by Crippen LogP contribution is 2.11. The maximum absolute atomic E-state index is 10.9. The Labute approximate surface area is 96.1 Å². The standard InChI is InChI=1S/C11H20O5/c1-5-6-10(14-4)11(16-9(3)13)7-15-8(2)12/h10-11H,5-7H2,1-4H3/t10-,11-/m0/s1. The second kappa shape index (κ2) is 8.10. The number of rotatable bonds is 7. The summed E-state index contributed by atoms with van der Waals surface area (Å²) < 4.78 is 15.1. The van der Waals surface area contributed by atoms with Gasteiger partial charge in [-0.3, -0.25) is 9.59 Å². The molecule has 0 aromatic carbocycles. The molecule has 2 atom stereocenters. The van der Waals surface area contributed by atoms with E-state index in [4.69, 9.17) is 14.2 Å². The molecule has 0 rings (SSSR count). The number of carbonyl (C=O) groups is 2. The second-order valence-corrected chi connectivity index (χ2v) is 3.51. The van der Waals surface area contributed by atoms with E-state index in [9.17, 15) is 9.59 Å². The first-order chi connectivity index (χ1) is 7.51. The molecule has 0 spiro atoms. The molecule has 0 fully saturated rings. The van der Waals surface area contributed by atoms with Crippen LogP contribution >= 0.6 is 0 Å². The highest BCUT2D eigenvalue weighted by molar-refractivity contribution is 5.67. The average molecular weight is 232 g/mol. The molecule has 0 saturated carbocycles. The van der Waals surface area contributed by atoms with Crippen LogP contribution in [-0.4, -0.2) is 37.9 Å². The number of hydrogen-bond acceptors (Lipinski definition) is 5. The molecule has 0 heterocycles. The van der Waals surface area contributed by atoms with Crippen LogP contribution in [0.25, 0.3) is 0 Å². The molecule has 94 valence electrons. The first kappa shape index (κ1) is 14.9. The van der Waals surface area contributed by atoms with Crippen molar-refractivity contribution in [2.45, 2.75) is 45.8 Å². The van der Waals surface area contributed by atoms with Crippen LogP contribution in [0.5, 0.6) is 0 Å². The lowest BCUT2D eigenvalue weighted by Crippen LogP contribution is -2.36. The minimum atomic E-state index is -0.536. The third-order valence-electron chi connectivity index (χ3n) is 2.06. The molecule has 0 aliphatic heterocycles. The minimum absolute atomic E-state index is 0.0351. The summed E-state index contributed by atoms with van der Waals surface area (Å²) in [6.07, 6.45) is 0.867. The largest absolute Gasteiger partial charge is 0.462 e. The Morgan fingerprint density at radius 2 is 1.75 bits per heavy atom. The van der Waals surface area contributed by atoms with Crippen molar-refractivity contribution < 1.29 is 23.8 Å². The number of esters is 2. The van der Waals surface area contributed by atoms with Crippen LogP contribution in [0.1, 0.15) is 33.6 Å². The van der Waals surface area contributed by atoms with E-state index in [1.54, 1.807) is 7.11 Å². The normalized spacial score (nSPS) is 14.0. The van der Waals surface area contributed by atoms with E-state index in [1.807, 2.05) is 6.92 Å². The van der Waals surface area contributed by atoms with Crippen molar-refractivity contribution >= 4 is 11.9 Å². The van der Waals surface area contributed by atoms with Crippen molar-refractivity contribution in [1.82, 2.24) is 0 Å². The summed E-state index contributed by atoms with van der Waals surface area (Å²) >= 11 is 0. The van der Waals surface area contributed by atoms with Gasteiger partial charge in [-0.1, -0.05) is 13.3 Å². The minimum Gasteiger partial charge on any atom is -0.462 e. The average Bonchev–Trinajstić information content (AvgIpc) is 2.20. The van der Waals surface area contributed by atoms with Crippen LogP contribution in [0.4, 0.5) is 0 Å². The lowest BCUT2D eigenvalue weighted by Gasteiger charge is -2.24. The summed E-state index contributed by atoms with van der Waals surface area (Å²) in [6, 6.07) is 0. The Morgan fingerprint density at radius 1 is 1.12 bits per heavy atom. The molecule has 5 heteroatoms. The Hall–Kier alpha value is -1.10. The molecule has 0 aliphatic rings. The van der Waals surface area contributed by atoms with Gasteiger partial charge in [0, 0.05) is 21.0 Å². The van der Waals surface area contributed by atoms with Crippen LogP contribution in [0.2, 0.25) is 0 Å². The molecular formula is C11H20O5. The van der Waals surface area contributed by atoms with Crippen LogP contribution < -0.4 is 0 Å². The van der Waals surface area contributed by atoms with Crippen LogP contribution in [-0.2, 0) is 23.8 Å². The number of carbonyl (C=O) groups excluding carboxylic acids is 2. The van der Waals surface area contributed by atoms with E-state index >= 15 is 0 Å². The predicted molar refractivity (Wildman–Crippen MR) is 57.9 cm³/mol. The van der Waals surface area contributed by atoms with Gasteiger partial charge in [0.05, 0.1) is 6.10 Å². The van der Waals surface area contributed by atoms with E-state index in [0.29, 0.717) is 0 Å². The van der Waals surface area contributed by atoms with Crippen LogP contribution in [0, 0.1) is 0 Å². The highest BCUT2D eigenvalue weighted by atomic mass is 16.6. The number of ether oxygens (including phenoxy) is 3. The van der Waals surface area contributed by atoms with Gasteiger partial charge in [-0.25, -0.2) is 0 Å². The summed E-state index contributed by atoms with van der Waals surface area (Å²) in [6.45, 7) is 4.67. The maximum Gasteiger partial charge on any atom is 0.303 e. The zero-order chi connectivity index (χ0) is 12.6. The molecule has 0 aliphatic carbocycles. The van der Waals surface area contributed by atoms with Crippen molar-refractivity contribution in [1.29, 1.82) is 0 Å². The van der Waals surface area contributed by atoms with E-state index in [0.717, 1.165) is 12.8 Å². The van der Waals surface area contributed by atoms with E-state index in [-0.39, 0.29) is 12.7 Å². The maximum atomic E-state index is 10.9. The number of hydrogen-bond donors (Lipinski definition) is 0. The summed E-state index contributed by atoms with van der Waals surface area (Å²) in [4.78, 5) is 21.6. The van der Waals surface area contributed by atoms with Crippen molar-refractivity contribution in [3.63, 3.8) is 0 Å². The third kappa shape index (κ3) is 6.40. The summed E-state index contributed by atoms with van der Waals surface area (Å²) in [5.74, 6) is -0.807. The van der Waals surface area contributed by atoms with Gasteiger partial charge in [-0.2, -0.15) is 0 Å². The topological polar surface area (TPSA) is 61.8 Å². The molecule has 0 radical (unpaired) electrons. The zero-order valence-corrected chi connectivity index (χ0v) is 10.3. The van der Waals surface area contributed by atoms with Gasteiger partial charge in [0.25, 0.3) is 0 Å². The number of methoxy groups -OCH3 is 1. The SMILES string of the molecule is CCC[C@H](OC)[C@H](COC(C)=O)OC(C)=O. The predicted octanol–water partition coefficient (Wildman–Crippen LogP) is 1.30. The first-order valence-corrected chi connectivity index (χ1v) is 5.34. The smallest absolute Gasteiger partial charge is 0.303 e. The van der Waals surface area contributed by atoms with Crippen molar-refractivity contribution in [2.75, 3.05) is 13.7 Å². The molecule has 0 aromatic rings. The summed E-state index contributed by atoms with van der Waals surface area (Å²) in [5, 5.41) is 0. The molecule has 0 unspecified atom stereocenters. The zero-order valence-electron chi connectivity index (χ0n) is 10.3. The van der Waals surface area contributed by atoms with E-state index in [2.05, 4.69) is 0 Å². The molecule has 16 heavy (non-hydrogen) atoms. The van der Waals surface area contributed by atoms with Gasteiger partial charge in [-0.05, 0) is 6.42 Å². The molecule has 0 amide bonds. The molecule has 0 saturated heterocycles. The van der Waals surface area contributed by atoms with Crippen LogP contribution in [0.3, 0.4) is 0 Å². The quantitative estimate of drug-likeness (QED) is 0.619. The lowest BCUT2D eigenvalue weighted by atomic mass is 10.1. The monoisotopic (exact) mass is 232 g/mol. The van der Waals surface area contributed by atoms with Gasteiger partial charge >= 0.3 is 11.9 Å². The van der Waals surface area contributed by atoms with Gasteiger partial charge in [0.15, 0.2) is 6.10 Å². The second-order valence-electron chi connectivity index (χ2n) is 3.51. The summed E-state index contributed by atoms with van der Waals surface area (Å²) in [5.41, 5.74) is 0. The van der Waals surface area contributed by atoms with Crippen LogP contribution in [0.15, 0.2) is 0 Å². The highest BCUT2D eigenvalue weighted by Gasteiger charge is 2.24. The third-order valence-corrected chi connectivity index (χ3v) is 2.06. The van der Waals surface area contributed by atoms with Gasteiger partial charge in [-0.15, -0.1) is 0 Å². The molecule has 0 bridgehead atoms. The fourth-order valence-electron chi connectivity index (χ4n) is 1.37. The van der Waals surface area contributed by atoms with Gasteiger partial charge < -0.3 is 14.2 Å². The summed E-state index contributed by atoms with van der Waals surface area (Å²) in [7, 11) is 1.55. The Balaban J connectivity index is 4.36. The molecule has 0 N–H and O–H groups in total. The van der Waals surface area contributed by atoms with Crippen molar-refractivity contribution in [3.05, 3.63) is 0 Å². The van der Waals surface area contributed by atoms with E-state index < -0.39 is 18.0 Å². The molecule has 5 nitrogen and oxygen atoms in total. The Bertz CT molecular complexity index is 226. The fourth-order valence-corrected chi connectivity index (χ4v) is 1.37. The first-order valence-electron chi connectivity index (χ1n) is 5.34. The van der Waals surface area contributed by atoms with Gasteiger partial charge in [0.2, 0.25) is 0 Å². The van der Waals surface area contributed by atoms with Gasteiger partial charge in [0.1, 0.15) is 6.61 Å². The Morgan fingerprint density at radius 3 is 2.12 bits per heavy atom. The molecule has 0 aromatic heterocycles. The fraction of sp³-hybridized carbons (Fsp3) is 0.818.